The lowest BCUT2D eigenvalue weighted by Crippen LogP contribution is -2.36. The van der Waals surface area contributed by atoms with Gasteiger partial charge in [-0.1, -0.05) is 0 Å². The minimum absolute atomic E-state index is 0.141. The number of phosphoric acid groups is 1. The first-order chi connectivity index (χ1) is 21.3. The Morgan fingerprint density at radius 3 is 2.51 bits per heavy atom. The van der Waals surface area contributed by atoms with Crippen LogP contribution in [0.2, 0.25) is 0 Å². The van der Waals surface area contributed by atoms with Gasteiger partial charge in [0.25, 0.3) is 5.56 Å². The van der Waals surface area contributed by atoms with Gasteiger partial charge in [-0.05, 0) is 6.07 Å². The number of nitrogens with one attached hydrogen (secondary N) is 1. The van der Waals surface area contributed by atoms with E-state index in [0.717, 1.165) is 10.9 Å². The minimum atomic E-state index is -5.14. The number of H-pyrrole nitrogens is 1. The number of nitrogen functional groups attached to an aromatic ring is 2. The number of ether oxygens (including phenoxy) is 2. The first-order valence-corrected chi connectivity index (χ1v) is 15.6. The number of fused-ring (bicyclic) bond motifs is 2. The number of aliphatic hydroxyl groups is 3. The smallest absolute Gasteiger partial charge is 0.387 e. The SMILES string of the molecule is Nc1nc2c(ncn2[C@@H]2O[C@H](CO[P+](=O)O)C(O)C2OP(=O)(O)OC[C@H]2O[C@@H](n3ccc4c(N)ncnc43)C(O)C2O)c(=O)[nH]1. The molecule has 0 aromatic carbocycles. The van der Waals surface area contributed by atoms with E-state index in [-0.39, 0.29) is 22.9 Å². The highest BCUT2D eigenvalue weighted by molar-refractivity contribution is 7.47. The summed E-state index contributed by atoms with van der Waals surface area (Å²) in [6.07, 6.45) is -8.25. The Bertz CT molecular complexity index is 1850. The van der Waals surface area contributed by atoms with E-state index in [0.29, 0.717) is 11.0 Å². The maximum atomic E-state index is 13.1. The van der Waals surface area contributed by atoms with E-state index in [1.807, 2.05) is 0 Å². The van der Waals surface area contributed by atoms with Crippen molar-refractivity contribution in [1.29, 1.82) is 0 Å². The Labute approximate surface area is 250 Å². The highest BCUT2D eigenvalue weighted by Gasteiger charge is 2.51. The van der Waals surface area contributed by atoms with Gasteiger partial charge >= 0.3 is 16.1 Å². The molecule has 4 aromatic rings. The lowest BCUT2D eigenvalue weighted by Gasteiger charge is -2.24. The summed E-state index contributed by atoms with van der Waals surface area (Å²) in [7, 11) is -8.24. The number of aromatic nitrogens is 7. The van der Waals surface area contributed by atoms with Crippen LogP contribution in [0.1, 0.15) is 12.5 Å². The van der Waals surface area contributed by atoms with Crippen LogP contribution in [0.3, 0.4) is 0 Å². The normalized spacial score (nSPS) is 30.3. The fourth-order valence-electron chi connectivity index (χ4n) is 5.10. The molecule has 22 nitrogen and oxygen atoms in total. The summed E-state index contributed by atoms with van der Waals surface area (Å²) in [6.45, 7) is -1.42. The van der Waals surface area contributed by atoms with Crippen molar-refractivity contribution >= 4 is 50.0 Å². The van der Waals surface area contributed by atoms with E-state index < -0.39 is 83.9 Å². The van der Waals surface area contributed by atoms with Crippen LogP contribution in [0, 0.1) is 0 Å². The number of aliphatic hydroxyl groups excluding tert-OH is 3. The molecule has 0 aliphatic carbocycles. The third kappa shape index (κ3) is 5.94. The van der Waals surface area contributed by atoms with Crippen molar-refractivity contribution in [3.63, 3.8) is 0 Å². The van der Waals surface area contributed by atoms with Gasteiger partial charge in [-0.2, -0.15) is 4.98 Å². The van der Waals surface area contributed by atoms with Crippen LogP contribution < -0.4 is 17.0 Å². The minimum Gasteiger partial charge on any atom is -0.387 e. The molecule has 2 aliphatic rings. The molecule has 24 heteroatoms. The molecule has 4 aromatic heterocycles. The van der Waals surface area contributed by atoms with E-state index in [4.69, 9.17) is 34.9 Å². The van der Waals surface area contributed by atoms with Gasteiger partial charge in [0.2, 0.25) is 5.95 Å². The Morgan fingerprint density at radius 2 is 1.76 bits per heavy atom. The van der Waals surface area contributed by atoms with Gasteiger partial charge in [-0.25, -0.2) is 19.5 Å². The van der Waals surface area contributed by atoms with E-state index >= 15 is 0 Å². The third-order valence-electron chi connectivity index (χ3n) is 7.20. The molecule has 45 heavy (non-hydrogen) atoms. The Balaban J connectivity index is 1.20. The monoisotopic (exact) mass is 674 g/mol. The average Bonchev–Trinajstić information content (AvgIpc) is 3.73. The van der Waals surface area contributed by atoms with Gasteiger partial charge in [0, 0.05) is 10.8 Å². The molecule has 0 bridgehead atoms. The molecule has 6 unspecified atom stereocenters. The number of nitrogens with zero attached hydrogens (tertiary/aromatic N) is 6. The van der Waals surface area contributed by atoms with E-state index in [1.165, 1.54) is 17.1 Å². The van der Waals surface area contributed by atoms with Gasteiger partial charge < -0.3 is 45.7 Å². The summed E-state index contributed by atoms with van der Waals surface area (Å²) in [5.74, 6) is -0.117. The molecule has 6 rings (SSSR count). The average molecular weight is 674 g/mol. The van der Waals surface area contributed by atoms with Crippen molar-refractivity contribution in [2.24, 2.45) is 0 Å². The lowest BCUT2D eigenvalue weighted by atomic mass is 10.1. The second-order valence-electron chi connectivity index (χ2n) is 9.96. The fourth-order valence-corrected chi connectivity index (χ4v) is 6.31. The number of rotatable bonds is 10. The van der Waals surface area contributed by atoms with Crippen LogP contribution in [-0.2, 0) is 32.2 Å². The van der Waals surface area contributed by atoms with Crippen LogP contribution >= 0.6 is 16.1 Å². The lowest BCUT2D eigenvalue weighted by molar-refractivity contribution is -0.0608. The zero-order valence-corrected chi connectivity index (χ0v) is 24.4. The molecule has 0 saturated carbocycles. The maximum Gasteiger partial charge on any atom is 0.694 e. The van der Waals surface area contributed by atoms with Crippen LogP contribution in [0.5, 0.6) is 0 Å². The van der Waals surface area contributed by atoms with E-state index in [2.05, 4.69) is 29.4 Å². The zero-order valence-electron chi connectivity index (χ0n) is 22.6. The molecule has 6 heterocycles. The molecule has 2 saturated heterocycles. The number of anilines is 2. The number of phosphoric ester groups is 1. The van der Waals surface area contributed by atoms with Crippen molar-refractivity contribution in [1.82, 2.24) is 34.1 Å². The molecular formula is C21H26N9O13P2+. The van der Waals surface area contributed by atoms with Crippen LogP contribution in [0.25, 0.3) is 22.2 Å². The largest absolute Gasteiger partial charge is 0.694 e. The highest BCUT2D eigenvalue weighted by Crippen LogP contribution is 2.50. The molecule has 0 amide bonds. The molecule has 2 fully saturated rings. The Kier molecular flexibility index (Phi) is 8.41. The second-order valence-corrected chi connectivity index (χ2v) is 12.1. The molecule has 0 radical (unpaired) electrons. The molecule has 242 valence electrons. The summed E-state index contributed by atoms with van der Waals surface area (Å²) >= 11 is 0. The maximum absolute atomic E-state index is 13.1. The highest BCUT2D eigenvalue weighted by atomic mass is 31.2. The predicted molar refractivity (Wildman–Crippen MR) is 147 cm³/mol. The topological polar surface area (TPSA) is 328 Å². The van der Waals surface area contributed by atoms with Crippen LogP contribution in [-0.4, -0.2) is 109 Å². The second kappa shape index (κ2) is 12.0. The van der Waals surface area contributed by atoms with Crippen molar-refractivity contribution in [2.75, 3.05) is 24.7 Å². The van der Waals surface area contributed by atoms with Gasteiger partial charge in [0.15, 0.2) is 23.6 Å². The third-order valence-corrected chi connectivity index (χ3v) is 8.55. The van der Waals surface area contributed by atoms with Crippen LogP contribution in [0.4, 0.5) is 11.8 Å². The number of aromatic amines is 1. The summed E-state index contributed by atoms with van der Waals surface area (Å²) in [4.78, 5) is 50.1. The van der Waals surface area contributed by atoms with Crippen LogP contribution in [0.15, 0.2) is 29.7 Å². The first kappa shape index (κ1) is 31.5. The van der Waals surface area contributed by atoms with Crippen molar-refractivity contribution in [2.45, 2.75) is 49.1 Å². The number of imidazole rings is 1. The summed E-state index contributed by atoms with van der Waals surface area (Å²) in [5.41, 5.74) is 10.8. The Hall–Kier alpha value is -3.50. The van der Waals surface area contributed by atoms with E-state index in [1.54, 1.807) is 6.07 Å². The van der Waals surface area contributed by atoms with Gasteiger partial charge in [-0.15, -0.1) is 9.42 Å². The fraction of sp³-hybridized carbons (Fsp3) is 0.476. The number of hydrogen-bond acceptors (Lipinski definition) is 17. The number of nitrogens with two attached hydrogens (primary N) is 2. The van der Waals surface area contributed by atoms with Gasteiger partial charge in [0.1, 0.15) is 61.0 Å². The quantitative estimate of drug-likeness (QED) is 0.0825. The van der Waals surface area contributed by atoms with E-state index in [9.17, 15) is 34.1 Å². The predicted octanol–water partition coefficient (Wildman–Crippen LogP) is -2.23. The molecule has 10 atom stereocenters. The van der Waals surface area contributed by atoms with Crippen molar-refractivity contribution in [3.05, 3.63) is 35.3 Å². The number of hydrogen-bond donors (Lipinski definition) is 8. The summed E-state index contributed by atoms with van der Waals surface area (Å²) in [6, 6.07) is 1.58. The first-order valence-electron chi connectivity index (χ1n) is 12.9. The zero-order chi connectivity index (χ0) is 32.2. The van der Waals surface area contributed by atoms with Gasteiger partial charge in [0.05, 0.1) is 18.3 Å². The van der Waals surface area contributed by atoms with Gasteiger partial charge in [-0.3, -0.25) is 23.4 Å². The molecular weight excluding hydrogens is 648 g/mol. The molecule has 2 aliphatic heterocycles. The van der Waals surface area contributed by atoms with Crippen molar-refractivity contribution in [3.8, 4) is 0 Å². The standard InChI is InChI=1S/C21H25N9O13P2/c22-15-7-1-2-29(16(7)25-5-24-15)19-13(33)11(31)9(41-19)4-40-45(37,38)43-14-12(32)8(3-39-44(35)36)42-20(14)30-6-26-10-17(30)27-21(23)28-18(10)34/h1-2,5-6,8-9,11-14,19-20,31-33H,3-4H2,(H6-,22,23,24,25,27,28,34,35,36,37,38)/p+1/t8-,9-,11?,12?,13?,14?,19-,20-/m1/s1. The summed E-state index contributed by atoms with van der Waals surface area (Å²) < 4.78 is 53.1. The Morgan fingerprint density at radius 1 is 1.02 bits per heavy atom. The molecule has 10 N–H and O–H groups in total. The molecule has 0 spiro atoms. The van der Waals surface area contributed by atoms with Crippen molar-refractivity contribution < 1.29 is 57.3 Å². The summed E-state index contributed by atoms with van der Waals surface area (Å²) in [5, 5.41) is 32.7.